The molecule has 21 heavy (non-hydrogen) atoms. The van der Waals surface area contributed by atoms with Crippen molar-refractivity contribution in [3.63, 3.8) is 0 Å². The van der Waals surface area contributed by atoms with Crippen LogP contribution in [0.15, 0.2) is 56.5 Å². The highest BCUT2D eigenvalue weighted by atomic mass is 79.9. The largest absolute Gasteiger partial charge is 0.496 e. The van der Waals surface area contributed by atoms with Crippen LogP contribution in [0, 0.1) is 0 Å². The number of benzene rings is 2. The molecule has 0 radical (unpaired) electrons. The first kappa shape index (κ1) is 15.7. The summed E-state index contributed by atoms with van der Waals surface area (Å²) in [4.78, 5) is 12.0. The van der Waals surface area contributed by atoms with E-state index in [4.69, 9.17) is 4.74 Å². The Hall–Kier alpha value is -1.66. The second-order valence-corrected chi connectivity index (χ2v) is 5.84. The third-order valence-corrected chi connectivity index (χ3v) is 3.86. The van der Waals surface area contributed by atoms with Crippen molar-refractivity contribution < 1.29 is 9.53 Å². The third kappa shape index (κ3) is 4.15. The van der Waals surface area contributed by atoms with Crippen LogP contribution in [-0.2, 0) is 0 Å². The molecule has 1 amide bonds. The third-order valence-electron chi connectivity index (χ3n) is 2.68. The lowest BCUT2D eigenvalue weighted by atomic mass is 10.2. The number of nitrogens with one attached hydrogen (secondary N) is 1. The molecule has 2 aromatic rings. The summed E-state index contributed by atoms with van der Waals surface area (Å²) in [6.07, 6.45) is 1.54. The van der Waals surface area contributed by atoms with Crippen LogP contribution in [0.4, 0.5) is 0 Å². The second kappa shape index (κ2) is 7.38. The van der Waals surface area contributed by atoms with Crippen LogP contribution in [0.25, 0.3) is 0 Å². The Bertz CT molecular complexity index is 687. The summed E-state index contributed by atoms with van der Waals surface area (Å²) >= 11 is 6.71. The van der Waals surface area contributed by atoms with Crippen molar-refractivity contribution in [2.45, 2.75) is 0 Å². The molecule has 0 atom stereocenters. The molecule has 2 aromatic carbocycles. The molecule has 0 aliphatic heterocycles. The van der Waals surface area contributed by atoms with Gasteiger partial charge in [0.25, 0.3) is 5.91 Å². The van der Waals surface area contributed by atoms with Crippen LogP contribution in [0.2, 0.25) is 0 Å². The normalized spacial score (nSPS) is 10.6. The lowest BCUT2D eigenvalue weighted by molar-refractivity contribution is 0.0954. The molecule has 0 aliphatic rings. The van der Waals surface area contributed by atoms with E-state index in [1.165, 1.54) is 0 Å². The molecule has 4 nitrogen and oxygen atoms in total. The van der Waals surface area contributed by atoms with Gasteiger partial charge in [-0.3, -0.25) is 4.79 Å². The Kier molecular flexibility index (Phi) is 5.52. The number of ether oxygens (including phenoxy) is 1. The molecule has 0 saturated heterocycles. The van der Waals surface area contributed by atoms with Crippen molar-refractivity contribution in [3.05, 3.63) is 62.5 Å². The Morgan fingerprint density at radius 2 is 2.00 bits per heavy atom. The zero-order valence-corrected chi connectivity index (χ0v) is 14.3. The first-order chi connectivity index (χ1) is 10.1. The van der Waals surface area contributed by atoms with Gasteiger partial charge in [-0.2, -0.15) is 5.10 Å². The number of hydrazone groups is 1. The van der Waals surface area contributed by atoms with E-state index in [1.54, 1.807) is 31.5 Å². The number of carbonyl (C=O) groups is 1. The van der Waals surface area contributed by atoms with Crippen LogP contribution in [0.5, 0.6) is 5.75 Å². The highest BCUT2D eigenvalue weighted by Crippen LogP contribution is 2.21. The van der Waals surface area contributed by atoms with Crippen molar-refractivity contribution >= 4 is 44.0 Å². The van der Waals surface area contributed by atoms with Gasteiger partial charge in [-0.25, -0.2) is 5.43 Å². The van der Waals surface area contributed by atoms with Gasteiger partial charge in [-0.15, -0.1) is 0 Å². The molecular formula is C15H12Br2N2O2. The van der Waals surface area contributed by atoms with E-state index in [1.807, 2.05) is 24.3 Å². The fourth-order valence-corrected chi connectivity index (χ4v) is 2.52. The van der Waals surface area contributed by atoms with E-state index in [9.17, 15) is 4.79 Å². The minimum Gasteiger partial charge on any atom is -0.496 e. The number of carbonyl (C=O) groups excluding carboxylic acids is 1. The van der Waals surface area contributed by atoms with E-state index in [0.717, 1.165) is 14.5 Å². The van der Waals surface area contributed by atoms with Gasteiger partial charge in [0.05, 0.1) is 18.9 Å². The van der Waals surface area contributed by atoms with Gasteiger partial charge >= 0.3 is 0 Å². The molecular weight excluding hydrogens is 400 g/mol. The monoisotopic (exact) mass is 410 g/mol. The van der Waals surface area contributed by atoms with Crippen molar-refractivity contribution in [2.75, 3.05) is 7.11 Å². The molecule has 0 fully saturated rings. The highest BCUT2D eigenvalue weighted by molar-refractivity contribution is 9.10. The Morgan fingerprint density at radius 1 is 1.24 bits per heavy atom. The average Bonchev–Trinajstić information content (AvgIpc) is 2.48. The van der Waals surface area contributed by atoms with Crippen molar-refractivity contribution in [3.8, 4) is 5.75 Å². The summed E-state index contributed by atoms with van der Waals surface area (Å²) in [5, 5.41) is 3.96. The first-order valence-electron chi connectivity index (χ1n) is 6.03. The fourth-order valence-electron chi connectivity index (χ4n) is 1.67. The molecule has 0 aromatic heterocycles. The van der Waals surface area contributed by atoms with E-state index in [-0.39, 0.29) is 5.91 Å². The topological polar surface area (TPSA) is 50.7 Å². The van der Waals surface area contributed by atoms with E-state index in [0.29, 0.717) is 11.3 Å². The van der Waals surface area contributed by atoms with Crippen LogP contribution in [-0.4, -0.2) is 19.2 Å². The van der Waals surface area contributed by atoms with E-state index in [2.05, 4.69) is 42.4 Å². The van der Waals surface area contributed by atoms with Gasteiger partial charge in [0.2, 0.25) is 0 Å². The molecule has 1 N–H and O–H groups in total. The van der Waals surface area contributed by atoms with Crippen LogP contribution in [0.1, 0.15) is 15.9 Å². The minimum absolute atomic E-state index is 0.285. The number of methoxy groups -OCH3 is 1. The number of amides is 1. The minimum atomic E-state index is -0.285. The average molecular weight is 412 g/mol. The quantitative estimate of drug-likeness (QED) is 0.610. The first-order valence-corrected chi connectivity index (χ1v) is 7.62. The number of halogens is 2. The molecule has 108 valence electrons. The molecule has 0 unspecified atom stereocenters. The van der Waals surface area contributed by atoms with Gasteiger partial charge in [0.1, 0.15) is 5.75 Å². The molecule has 0 aliphatic carbocycles. The van der Waals surface area contributed by atoms with Crippen molar-refractivity contribution in [2.24, 2.45) is 5.10 Å². The molecule has 2 rings (SSSR count). The van der Waals surface area contributed by atoms with E-state index >= 15 is 0 Å². The Labute approximate surface area is 139 Å². The maximum Gasteiger partial charge on any atom is 0.272 e. The van der Waals surface area contributed by atoms with Crippen molar-refractivity contribution in [1.82, 2.24) is 5.43 Å². The zero-order valence-electron chi connectivity index (χ0n) is 11.1. The summed E-state index contributed by atoms with van der Waals surface area (Å²) in [6.45, 7) is 0. The number of hydrogen-bond acceptors (Lipinski definition) is 3. The highest BCUT2D eigenvalue weighted by Gasteiger charge is 2.07. The Morgan fingerprint density at radius 3 is 2.71 bits per heavy atom. The summed E-state index contributed by atoms with van der Waals surface area (Å²) in [5.74, 6) is 0.393. The molecule has 6 heteroatoms. The van der Waals surface area contributed by atoms with Gasteiger partial charge in [-0.1, -0.05) is 28.1 Å². The smallest absolute Gasteiger partial charge is 0.272 e. The maximum atomic E-state index is 12.0. The van der Waals surface area contributed by atoms with Gasteiger partial charge < -0.3 is 4.74 Å². The standard InChI is InChI=1S/C15H12Br2N2O2/c1-21-14-7-6-11(16)8-10(14)9-18-19-15(20)12-4-2-3-5-13(12)17/h2-9H,1H3,(H,19,20)/b18-9-. The van der Waals surface area contributed by atoms with Gasteiger partial charge in [-0.05, 0) is 46.3 Å². The summed E-state index contributed by atoms with van der Waals surface area (Å²) in [6, 6.07) is 12.7. The lowest BCUT2D eigenvalue weighted by Crippen LogP contribution is -2.18. The van der Waals surface area contributed by atoms with Crippen molar-refractivity contribution in [1.29, 1.82) is 0 Å². The number of hydrogen-bond donors (Lipinski definition) is 1. The molecule has 0 heterocycles. The predicted molar refractivity (Wildman–Crippen MR) is 89.9 cm³/mol. The number of rotatable bonds is 4. The SMILES string of the molecule is COc1ccc(Br)cc1/C=N\NC(=O)c1ccccc1Br. The number of nitrogens with zero attached hydrogens (tertiary/aromatic N) is 1. The molecule has 0 bridgehead atoms. The summed E-state index contributed by atoms with van der Waals surface area (Å²) in [5.41, 5.74) is 3.78. The summed E-state index contributed by atoms with van der Waals surface area (Å²) in [7, 11) is 1.58. The van der Waals surface area contributed by atoms with Crippen LogP contribution < -0.4 is 10.2 Å². The lowest BCUT2D eigenvalue weighted by Gasteiger charge is -2.05. The molecule has 0 saturated carbocycles. The van der Waals surface area contributed by atoms with Gasteiger partial charge in [0, 0.05) is 14.5 Å². The Balaban J connectivity index is 2.11. The predicted octanol–water partition coefficient (Wildman–Crippen LogP) is 3.98. The fraction of sp³-hybridized carbons (Fsp3) is 0.0667. The van der Waals surface area contributed by atoms with Crippen LogP contribution >= 0.6 is 31.9 Å². The second-order valence-electron chi connectivity index (χ2n) is 4.07. The van der Waals surface area contributed by atoms with Crippen LogP contribution in [0.3, 0.4) is 0 Å². The van der Waals surface area contributed by atoms with Gasteiger partial charge in [0.15, 0.2) is 0 Å². The maximum absolute atomic E-state index is 12.0. The summed E-state index contributed by atoms with van der Waals surface area (Å²) < 4.78 is 6.85. The van der Waals surface area contributed by atoms with E-state index < -0.39 is 0 Å². The molecule has 0 spiro atoms. The zero-order chi connectivity index (χ0) is 15.2.